The highest BCUT2D eigenvalue weighted by atomic mass is 35.5. The summed E-state index contributed by atoms with van der Waals surface area (Å²) in [6, 6.07) is 1.69. The van der Waals surface area contributed by atoms with Gasteiger partial charge in [0.1, 0.15) is 4.21 Å². The lowest BCUT2D eigenvalue weighted by Crippen LogP contribution is -2.41. The summed E-state index contributed by atoms with van der Waals surface area (Å²) in [4.78, 5) is 2.18. The molecule has 1 aliphatic heterocycles. The minimum absolute atomic E-state index is 0.000878. The van der Waals surface area contributed by atoms with Gasteiger partial charge < -0.3 is 4.90 Å². The highest BCUT2D eigenvalue weighted by Crippen LogP contribution is 2.27. The van der Waals surface area contributed by atoms with Gasteiger partial charge in [-0.05, 0) is 43.9 Å². The van der Waals surface area contributed by atoms with E-state index in [1.165, 1.54) is 11.3 Å². The van der Waals surface area contributed by atoms with Crippen LogP contribution in [0.5, 0.6) is 0 Å². The van der Waals surface area contributed by atoms with Gasteiger partial charge in [-0.3, -0.25) is 0 Å². The van der Waals surface area contributed by atoms with Gasteiger partial charge in [-0.15, -0.1) is 22.9 Å². The summed E-state index contributed by atoms with van der Waals surface area (Å²) in [5, 5.41) is 1.81. The number of nitrogens with zero attached hydrogens (tertiary/aromatic N) is 2. The smallest absolute Gasteiger partial charge is 0.252 e. The largest absolute Gasteiger partial charge is 0.305 e. The molecule has 0 aliphatic carbocycles. The van der Waals surface area contributed by atoms with Crippen molar-refractivity contribution in [1.82, 2.24) is 9.21 Å². The van der Waals surface area contributed by atoms with Gasteiger partial charge >= 0.3 is 0 Å². The number of rotatable bonds is 3. The number of thiophene rings is 1. The van der Waals surface area contributed by atoms with E-state index < -0.39 is 10.0 Å². The van der Waals surface area contributed by atoms with Crippen molar-refractivity contribution in [2.75, 3.05) is 26.7 Å². The third-order valence-corrected chi connectivity index (χ3v) is 7.12. The van der Waals surface area contributed by atoms with Gasteiger partial charge in [-0.25, -0.2) is 8.42 Å². The van der Waals surface area contributed by atoms with E-state index in [9.17, 15) is 8.42 Å². The maximum atomic E-state index is 12.7. The lowest BCUT2D eigenvalue weighted by atomic mass is 10.3. The molecule has 0 spiro atoms. The molecule has 2 heterocycles. The van der Waals surface area contributed by atoms with Gasteiger partial charge in [-0.2, -0.15) is 4.31 Å². The van der Waals surface area contributed by atoms with Crippen molar-refractivity contribution in [2.24, 2.45) is 0 Å². The monoisotopic (exact) mass is 322 g/mol. The highest BCUT2D eigenvalue weighted by Gasteiger charge is 2.32. The Bertz CT molecular complexity index is 530. The van der Waals surface area contributed by atoms with Crippen molar-refractivity contribution < 1.29 is 8.42 Å². The minimum atomic E-state index is -3.38. The van der Waals surface area contributed by atoms with Gasteiger partial charge in [-0.1, -0.05) is 0 Å². The molecule has 0 radical (unpaired) electrons. The van der Waals surface area contributed by atoms with E-state index in [-0.39, 0.29) is 6.04 Å². The molecular formula is C12H19ClN2O2S2. The Morgan fingerprint density at radius 3 is 2.84 bits per heavy atom. The second-order valence-corrected chi connectivity index (χ2v) is 8.28. The van der Waals surface area contributed by atoms with Crippen LogP contribution in [-0.4, -0.2) is 50.3 Å². The summed E-state index contributed by atoms with van der Waals surface area (Å²) >= 11 is 7.00. The fraction of sp³-hybridized carbons (Fsp3) is 0.667. The normalized spacial score (nSPS) is 23.4. The van der Waals surface area contributed by atoms with Crippen LogP contribution in [0.2, 0.25) is 0 Å². The zero-order valence-corrected chi connectivity index (χ0v) is 13.6. The van der Waals surface area contributed by atoms with Crippen molar-refractivity contribution in [1.29, 1.82) is 0 Å². The third-order valence-electron chi connectivity index (χ3n) is 3.33. The van der Waals surface area contributed by atoms with Crippen LogP contribution in [-0.2, 0) is 15.9 Å². The van der Waals surface area contributed by atoms with E-state index in [1.807, 2.05) is 19.4 Å². The lowest BCUT2D eigenvalue weighted by molar-refractivity contribution is 0.291. The second kappa shape index (κ2) is 6.10. The van der Waals surface area contributed by atoms with Gasteiger partial charge in [0.2, 0.25) is 0 Å². The summed E-state index contributed by atoms with van der Waals surface area (Å²) in [6.07, 6.45) is 0.869. The predicted octanol–water partition coefficient (Wildman–Crippen LogP) is 2.20. The molecular weight excluding hydrogens is 304 g/mol. The highest BCUT2D eigenvalue weighted by molar-refractivity contribution is 7.91. The Morgan fingerprint density at radius 1 is 1.47 bits per heavy atom. The molecule has 0 aromatic carbocycles. The fourth-order valence-electron chi connectivity index (χ4n) is 2.38. The Labute approximate surface area is 124 Å². The Kier molecular flexibility index (Phi) is 4.89. The molecule has 2 rings (SSSR count). The van der Waals surface area contributed by atoms with Crippen molar-refractivity contribution in [3.63, 3.8) is 0 Å². The summed E-state index contributed by atoms with van der Waals surface area (Å²) in [5.41, 5.74) is 0.866. The average molecular weight is 323 g/mol. The molecule has 1 unspecified atom stereocenters. The number of likely N-dealkylation sites (N-methyl/N-ethyl adjacent to an activating group) is 1. The number of hydrogen-bond donors (Lipinski definition) is 0. The third kappa shape index (κ3) is 3.31. The first-order chi connectivity index (χ1) is 8.95. The zero-order chi connectivity index (χ0) is 14.0. The molecule has 19 heavy (non-hydrogen) atoms. The molecule has 4 nitrogen and oxygen atoms in total. The van der Waals surface area contributed by atoms with Gasteiger partial charge in [0.05, 0.1) is 0 Å². The molecule has 1 aromatic heterocycles. The van der Waals surface area contributed by atoms with Crippen LogP contribution >= 0.6 is 22.9 Å². The standard InChI is InChI=1S/C12H19ClN2O2S2/c1-10-8-14(2)4-3-5-15(10)19(16,17)12-6-11(7-13)9-18-12/h6,9-10H,3-5,7-8H2,1-2H3. The summed E-state index contributed by atoms with van der Waals surface area (Å²) in [6.45, 7) is 4.26. The number of alkyl halides is 1. The summed E-state index contributed by atoms with van der Waals surface area (Å²) in [5.74, 6) is 0.351. The quantitative estimate of drug-likeness (QED) is 0.801. The minimum Gasteiger partial charge on any atom is -0.305 e. The van der Waals surface area contributed by atoms with E-state index in [2.05, 4.69) is 4.90 Å². The van der Waals surface area contributed by atoms with Crippen LogP contribution < -0.4 is 0 Å². The summed E-state index contributed by atoms with van der Waals surface area (Å²) < 4.78 is 27.3. The fourth-order valence-corrected chi connectivity index (χ4v) is 5.62. The molecule has 108 valence electrons. The van der Waals surface area contributed by atoms with Crippen LogP contribution in [0.3, 0.4) is 0 Å². The topological polar surface area (TPSA) is 40.6 Å². The number of hydrogen-bond acceptors (Lipinski definition) is 4. The Morgan fingerprint density at radius 2 is 2.21 bits per heavy atom. The van der Waals surface area contributed by atoms with Gasteiger partial charge in [0, 0.05) is 25.0 Å². The molecule has 7 heteroatoms. The lowest BCUT2D eigenvalue weighted by Gasteiger charge is -2.26. The molecule has 1 aliphatic rings. The first kappa shape index (κ1) is 15.3. The van der Waals surface area contributed by atoms with Crippen molar-refractivity contribution in [3.8, 4) is 0 Å². The zero-order valence-electron chi connectivity index (χ0n) is 11.2. The van der Waals surface area contributed by atoms with Crippen LogP contribution in [0.15, 0.2) is 15.7 Å². The molecule has 0 saturated carbocycles. The molecule has 0 bridgehead atoms. The predicted molar refractivity (Wildman–Crippen MR) is 79.3 cm³/mol. The van der Waals surface area contributed by atoms with Crippen molar-refractivity contribution in [3.05, 3.63) is 17.0 Å². The maximum absolute atomic E-state index is 12.7. The van der Waals surface area contributed by atoms with Gasteiger partial charge in [0.25, 0.3) is 10.0 Å². The maximum Gasteiger partial charge on any atom is 0.252 e. The molecule has 0 N–H and O–H groups in total. The van der Waals surface area contributed by atoms with Gasteiger partial charge in [0.15, 0.2) is 0 Å². The number of halogens is 1. The van der Waals surface area contributed by atoms with E-state index in [0.717, 1.165) is 25.1 Å². The van der Waals surface area contributed by atoms with Crippen molar-refractivity contribution in [2.45, 2.75) is 29.5 Å². The van der Waals surface area contributed by atoms with E-state index >= 15 is 0 Å². The van der Waals surface area contributed by atoms with Crippen LogP contribution in [0, 0.1) is 0 Å². The Hall–Kier alpha value is -0.140. The molecule has 1 fully saturated rings. The average Bonchev–Trinajstić information content (AvgIpc) is 2.76. The van der Waals surface area contributed by atoms with E-state index in [4.69, 9.17) is 11.6 Å². The SMILES string of the molecule is CC1CN(C)CCCN1S(=O)(=O)c1cc(CCl)cs1. The van der Waals surface area contributed by atoms with E-state index in [1.54, 1.807) is 10.4 Å². The van der Waals surface area contributed by atoms with Crippen LogP contribution in [0.1, 0.15) is 18.9 Å². The molecule has 1 atom stereocenters. The van der Waals surface area contributed by atoms with E-state index in [0.29, 0.717) is 16.6 Å². The van der Waals surface area contributed by atoms with Crippen LogP contribution in [0.4, 0.5) is 0 Å². The summed E-state index contributed by atoms with van der Waals surface area (Å²) in [7, 11) is -1.35. The molecule has 0 amide bonds. The first-order valence-corrected chi connectivity index (χ1v) is 9.14. The van der Waals surface area contributed by atoms with Crippen molar-refractivity contribution >= 4 is 33.0 Å². The second-order valence-electron chi connectivity index (χ2n) is 4.99. The first-order valence-electron chi connectivity index (χ1n) is 6.29. The van der Waals surface area contributed by atoms with Crippen LogP contribution in [0.25, 0.3) is 0 Å². The molecule has 1 aromatic rings. The number of sulfonamides is 1. The Balaban J connectivity index is 2.27. The molecule has 1 saturated heterocycles.